The highest BCUT2D eigenvalue weighted by Gasteiger charge is 2.55. The van der Waals surface area contributed by atoms with Gasteiger partial charge in [0, 0.05) is 31.9 Å². The minimum atomic E-state index is -0.223. The van der Waals surface area contributed by atoms with E-state index in [1.807, 2.05) is 31.2 Å². The van der Waals surface area contributed by atoms with Crippen molar-refractivity contribution in [1.82, 2.24) is 9.80 Å². The third-order valence-corrected chi connectivity index (χ3v) is 8.38. The van der Waals surface area contributed by atoms with Gasteiger partial charge in [0.1, 0.15) is 5.75 Å². The lowest BCUT2D eigenvalue weighted by Crippen LogP contribution is -2.59. The summed E-state index contributed by atoms with van der Waals surface area (Å²) in [5, 5.41) is 3.00. The van der Waals surface area contributed by atoms with E-state index in [1.165, 1.54) is 19.3 Å². The number of rotatable bonds is 5. The lowest BCUT2D eigenvalue weighted by molar-refractivity contribution is -0.159. The predicted molar refractivity (Wildman–Crippen MR) is 120 cm³/mol. The largest absolute Gasteiger partial charge is 0.497 e. The van der Waals surface area contributed by atoms with Crippen LogP contribution in [0.25, 0.3) is 0 Å². The first-order valence-corrected chi connectivity index (χ1v) is 11.9. The molecular weight excluding hydrogens is 390 g/mol. The molecule has 1 aromatic rings. The van der Waals surface area contributed by atoms with Gasteiger partial charge in [-0.15, -0.1) is 0 Å². The zero-order chi connectivity index (χ0) is 21.6. The number of ether oxygens (including phenoxy) is 1. The monoisotopic (exact) mass is 425 g/mol. The summed E-state index contributed by atoms with van der Waals surface area (Å²) in [6.45, 7) is 4.95. The van der Waals surface area contributed by atoms with Gasteiger partial charge in [-0.1, -0.05) is 0 Å². The van der Waals surface area contributed by atoms with E-state index in [-0.39, 0.29) is 17.4 Å². The molecule has 1 N–H and O–H groups in total. The van der Waals surface area contributed by atoms with E-state index in [9.17, 15) is 9.59 Å². The van der Waals surface area contributed by atoms with Crippen LogP contribution in [0.4, 0.5) is 5.69 Å². The van der Waals surface area contributed by atoms with Gasteiger partial charge in [-0.3, -0.25) is 14.5 Å². The summed E-state index contributed by atoms with van der Waals surface area (Å²) < 4.78 is 5.17. The molecule has 6 heteroatoms. The van der Waals surface area contributed by atoms with Gasteiger partial charge in [0.25, 0.3) is 0 Å². The number of anilines is 1. The topological polar surface area (TPSA) is 61.9 Å². The van der Waals surface area contributed by atoms with Gasteiger partial charge in [0.15, 0.2) is 0 Å². The van der Waals surface area contributed by atoms with Gasteiger partial charge in [0.2, 0.25) is 11.8 Å². The normalized spacial score (nSPS) is 33.2. The standard InChI is InChI=1S/C25H35N3O3/c1-17(23(29)26-21-3-5-22(31-2)6-4-21)27-7-9-28(10-8-27)24(30)25-14-18-11-19(15-25)13-20(12-18)16-25/h3-6,17-20H,7-16H2,1-2H3,(H,26,29). The van der Waals surface area contributed by atoms with Crippen LogP contribution in [-0.4, -0.2) is 60.9 Å². The maximum Gasteiger partial charge on any atom is 0.241 e. The summed E-state index contributed by atoms with van der Waals surface area (Å²) in [6.07, 6.45) is 7.46. The molecule has 4 aliphatic carbocycles. The Kier molecular flexibility index (Phi) is 5.45. The first-order chi connectivity index (χ1) is 15.0. The molecule has 5 fully saturated rings. The molecule has 0 aromatic heterocycles. The Morgan fingerprint density at radius 2 is 1.52 bits per heavy atom. The Hall–Kier alpha value is -2.08. The molecule has 1 heterocycles. The zero-order valence-electron chi connectivity index (χ0n) is 18.8. The van der Waals surface area contributed by atoms with Crippen molar-refractivity contribution in [3.63, 3.8) is 0 Å². The fourth-order valence-electron chi connectivity index (χ4n) is 7.11. The highest BCUT2D eigenvalue weighted by atomic mass is 16.5. The van der Waals surface area contributed by atoms with Crippen LogP contribution in [-0.2, 0) is 9.59 Å². The van der Waals surface area contributed by atoms with Crippen LogP contribution in [0.1, 0.15) is 45.4 Å². The molecule has 4 saturated carbocycles. The molecule has 0 spiro atoms. The highest BCUT2D eigenvalue weighted by molar-refractivity contribution is 5.94. The highest BCUT2D eigenvalue weighted by Crippen LogP contribution is 2.60. The van der Waals surface area contributed by atoms with Gasteiger partial charge in [-0.2, -0.15) is 0 Å². The molecule has 6 rings (SSSR count). The number of hydrogen-bond acceptors (Lipinski definition) is 4. The second-order valence-corrected chi connectivity index (χ2v) is 10.4. The third kappa shape index (κ3) is 3.95. The quantitative estimate of drug-likeness (QED) is 0.786. The second-order valence-electron chi connectivity index (χ2n) is 10.4. The number of carbonyl (C=O) groups excluding carboxylic acids is 2. The Morgan fingerprint density at radius 3 is 2.03 bits per heavy atom. The Labute approximate surface area is 185 Å². The summed E-state index contributed by atoms with van der Waals surface area (Å²) in [7, 11) is 1.63. The van der Waals surface area contributed by atoms with E-state index >= 15 is 0 Å². The summed E-state index contributed by atoms with van der Waals surface area (Å²) in [5.41, 5.74) is 0.710. The first kappa shape index (κ1) is 20.8. The van der Waals surface area contributed by atoms with Gasteiger partial charge in [-0.05, 0) is 87.5 Å². The minimum absolute atomic E-state index is 0.00831. The van der Waals surface area contributed by atoms with Crippen LogP contribution < -0.4 is 10.1 Å². The number of benzene rings is 1. The maximum atomic E-state index is 13.6. The molecule has 4 bridgehead atoms. The van der Waals surface area contributed by atoms with Crippen LogP contribution in [0.2, 0.25) is 0 Å². The molecule has 5 aliphatic rings. The molecule has 31 heavy (non-hydrogen) atoms. The van der Waals surface area contributed by atoms with Crippen LogP contribution in [0.15, 0.2) is 24.3 Å². The van der Waals surface area contributed by atoms with E-state index in [1.54, 1.807) is 7.11 Å². The van der Waals surface area contributed by atoms with E-state index < -0.39 is 0 Å². The van der Waals surface area contributed by atoms with Gasteiger partial charge >= 0.3 is 0 Å². The Bertz CT molecular complexity index is 794. The smallest absolute Gasteiger partial charge is 0.241 e. The number of amides is 2. The van der Waals surface area contributed by atoms with Gasteiger partial charge in [-0.25, -0.2) is 0 Å². The van der Waals surface area contributed by atoms with Crippen molar-refractivity contribution in [3.8, 4) is 5.75 Å². The molecule has 2 amide bonds. The average molecular weight is 426 g/mol. The molecule has 6 nitrogen and oxygen atoms in total. The number of hydrogen-bond donors (Lipinski definition) is 1. The first-order valence-electron chi connectivity index (χ1n) is 11.9. The molecule has 1 aromatic carbocycles. The summed E-state index contributed by atoms with van der Waals surface area (Å²) in [6, 6.07) is 7.17. The molecule has 1 aliphatic heterocycles. The lowest BCUT2D eigenvalue weighted by atomic mass is 9.49. The number of nitrogens with zero attached hydrogens (tertiary/aromatic N) is 2. The third-order valence-electron chi connectivity index (χ3n) is 8.38. The van der Waals surface area contributed by atoms with Crippen molar-refractivity contribution in [1.29, 1.82) is 0 Å². The van der Waals surface area contributed by atoms with Crippen LogP contribution in [0.5, 0.6) is 5.75 Å². The fourth-order valence-corrected chi connectivity index (χ4v) is 7.11. The summed E-state index contributed by atoms with van der Waals surface area (Å²) >= 11 is 0. The van der Waals surface area contributed by atoms with Crippen molar-refractivity contribution in [2.24, 2.45) is 23.2 Å². The average Bonchev–Trinajstić information content (AvgIpc) is 2.78. The number of piperazine rings is 1. The number of methoxy groups -OCH3 is 1. The van der Waals surface area contributed by atoms with Crippen LogP contribution >= 0.6 is 0 Å². The van der Waals surface area contributed by atoms with Gasteiger partial charge < -0.3 is 15.0 Å². The van der Waals surface area contributed by atoms with E-state index in [4.69, 9.17) is 4.74 Å². The van der Waals surface area contributed by atoms with Crippen molar-refractivity contribution in [3.05, 3.63) is 24.3 Å². The van der Waals surface area contributed by atoms with Crippen molar-refractivity contribution < 1.29 is 14.3 Å². The molecule has 1 saturated heterocycles. The summed E-state index contributed by atoms with van der Waals surface area (Å²) in [4.78, 5) is 30.6. The van der Waals surface area contributed by atoms with E-state index in [0.717, 1.165) is 74.6 Å². The Balaban J connectivity index is 1.15. The number of carbonyl (C=O) groups is 2. The molecular formula is C25H35N3O3. The SMILES string of the molecule is COc1ccc(NC(=O)C(C)N2CCN(C(=O)C34CC5CC(CC(C5)C3)C4)CC2)cc1. The van der Waals surface area contributed by atoms with E-state index in [2.05, 4.69) is 15.1 Å². The van der Waals surface area contributed by atoms with Crippen molar-refractivity contribution >= 4 is 17.5 Å². The molecule has 168 valence electrons. The van der Waals surface area contributed by atoms with E-state index in [0.29, 0.717) is 5.91 Å². The summed E-state index contributed by atoms with van der Waals surface area (Å²) in [5.74, 6) is 3.55. The van der Waals surface area contributed by atoms with Crippen LogP contribution in [0.3, 0.4) is 0 Å². The van der Waals surface area contributed by atoms with Crippen LogP contribution in [0, 0.1) is 23.2 Å². The minimum Gasteiger partial charge on any atom is -0.497 e. The van der Waals surface area contributed by atoms with Gasteiger partial charge in [0.05, 0.1) is 18.6 Å². The second kappa shape index (κ2) is 8.12. The molecule has 1 unspecified atom stereocenters. The Morgan fingerprint density at radius 1 is 0.968 bits per heavy atom. The number of nitrogens with one attached hydrogen (secondary N) is 1. The fraction of sp³-hybridized carbons (Fsp3) is 0.680. The zero-order valence-corrected chi connectivity index (χ0v) is 18.8. The van der Waals surface area contributed by atoms with Crippen molar-refractivity contribution in [2.75, 3.05) is 38.6 Å². The molecule has 1 atom stereocenters. The lowest BCUT2D eigenvalue weighted by Gasteiger charge is -2.57. The maximum absolute atomic E-state index is 13.6. The molecule has 0 radical (unpaired) electrons. The van der Waals surface area contributed by atoms with Crippen molar-refractivity contribution in [2.45, 2.75) is 51.5 Å². The predicted octanol–water partition coefficient (Wildman–Crippen LogP) is 3.38.